The summed E-state index contributed by atoms with van der Waals surface area (Å²) < 4.78 is 0. The van der Waals surface area contributed by atoms with Crippen molar-refractivity contribution in [1.29, 1.82) is 0 Å². The lowest BCUT2D eigenvalue weighted by molar-refractivity contribution is 0.273. The summed E-state index contributed by atoms with van der Waals surface area (Å²) in [5.41, 5.74) is 1.40. The minimum absolute atomic E-state index is 0.471. The maximum Gasteiger partial charge on any atom is 0.0466 e. The first-order chi connectivity index (χ1) is 8.72. The smallest absolute Gasteiger partial charge is 0.0466 e. The highest BCUT2D eigenvalue weighted by atomic mass is 15.1. The summed E-state index contributed by atoms with van der Waals surface area (Å²) in [6.45, 7) is 3.34. The minimum Gasteiger partial charge on any atom is -0.312 e. The molecule has 0 amide bonds. The Balaban J connectivity index is 1.94. The second-order valence-corrected chi connectivity index (χ2v) is 5.65. The molecule has 0 bridgehead atoms. The first kappa shape index (κ1) is 13.6. The number of benzene rings is 1. The number of hydrogen-bond acceptors (Lipinski definition) is 2. The molecule has 1 aromatic carbocycles. The molecule has 1 saturated carbocycles. The van der Waals surface area contributed by atoms with E-state index >= 15 is 0 Å². The Labute approximate surface area is 111 Å². The van der Waals surface area contributed by atoms with Crippen LogP contribution in [-0.2, 0) is 0 Å². The van der Waals surface area contributed by atoms with E-state index in [-0.39, 0.29) is 0 Å². The van der Waals surface area contributed by atoms with E-state index in [0.29, 0.717) is 6.04 Å². The predicted molar refractivity (Wildman–Crippen MR) is 77.7 cm³/mol. The van der Waals surface area contributed by atoms with Gasteiger partial charge in [-0.1, -0.05) is 37.3 Å². The van der Waals surface area contributed by atoms with E-state index in [2.05, 4.69) is 61.6 Å². The third-order valence-corrected chi connectivity index (χ3v) is 4.01. The maximum atomic E-state index is 3.77. The highest BCUT2D eigenvalue weighted by Gasteiger charge is 2.30. The Morgan fingerprint density at radius 1 is 1.22 bits per heavy atom. The molecule has 0 saturated heterocycles. The van der Waals surface area contributed by atoms with Gasteiger partial charge in [0.2, 0.25) is 0 Å². The van der Waals surface area contributed by atoms with E-state index in [9.17, 15) is 0 Å². The molecule has 0 aromatic heterocycles. The van der Waals surface area contributed by atoms with Gasteiger partial charge in [-0.2, -0.15) is 0 Å². The fourth-order valence-electron chi connectivity index (χ4n) is 2.68. The van der Waals surface area contributed by atoms with Gasteiger partial charge in [0.15, 0.2) is 0 Å². The van der Waals surface area contributed by atoms with Crippen molar-refractivity contribution in [3.05, 3.63) is 35.9 Å². The minimum atomic E-state index is 0.471. The van der Waals surface area contributed by atoms with E-state index in [1.165, 1.54) is 24.8 Å². The van der Waals surface area contributed by atoms with Crippen LogP contribution in [-0.4, -0.2) is 31.6 Å². The van der Waals surface area contributed by atoms with Gasteiger partial charge in [-0.3, -0.25) is 0 Å². The third-order valence-electron chi connectivity index (χ3n) is 4.01. The third kappa shape index (κ3) is 3.56. The van der Waals surface area contributed by atoms with Crippen LogP contribution in [0.1, 0.15) is 37.8 Å². The molecule has 18 heavy (non-hydrogen) atoms. The molecular weight excluding hydrogens is 220 g/mol. The van der Waals surface area contributed by atoms with Gasteiger partial charge >= 0.3 is 0 Å². The van der Waals surface area contributed by atoms with Gasteiger partial charge in [0.25, 0.3) is 0 Å². The molecule has 2 atom stereocenters. The van der Waals surface area contributed by atoms with Crippen LogP contribution in [0.3, 0.4) is 0 Å². The molecule has 2 rings (SSSR count). The molecule has 2 nitrogen and oxygen atoms in total. The molecule has 2 heteroatoms. The zero-order valence-electron chi connectivity index (χ0n) is 11.9. The monoisotopic (exact) mass is 246 g/mol. The Morgan fingerprint density at radius 3 is 2.39 bits per heavy atom. The van der Waals surface area contributed by atoms with Gasteiger partial charge in [0.05, 0.1) is 0 Å². The highest BCUT2D eigenvalue weighted by Crippen LogP contribution is 2.34. The van der Waals surface area contributed by atoms with Crippen LogP contribution in [0.2, 0.25) is 0 Å². The number of nitrogens with one attached hydrogen (secondary N) is 1. The lowest BCUT2D eigenvalue weighted by Crippen LogP contribution is -2.38. The summed E-state index contributed by atoms with van der Waals surface area (Å²) in [7, 11) is 4.33. The second kappa shape index (κ2) is 6.35. The summed E-state index contributed by atoms with van der Waals surface area (Å²) in [5, 5.41) is 3.77. The molecule has 1 aliphatic carbocycles. The predicted octanol–water partition coefficient (Wildman–Crippen LogP) is 3.07. The quantitative estimate of drug-likeness (QED) is 0.795. The Hall–Kier alpha value is -0.860. The van der Waals surface area contributed by atoms with Crippen molar-refractivity contribution < 1.29 is 0 Å². The Kier molecular flexibility index (Phi) is 4.79. The summed E-state index contributed by atoms with van der Waals surface area (Å²) in [6, 6.07) is 12.0. The molecule has 0 aliphatic heterocycles. The molecule has 100 valence electrons. The van der Waals surface area contributed by atoms with Crippen LogP contribution in [0.4, 0.5) is 0 Å². The molecule has 1 aliphatic rings. The highest BCUT2D eigenvalue weighted by molar-refractivity contribution is 5.19. The lowest BCUT2D eigenvalue weighted by Gasteiger charge is -2.27. The van der Waals surface area contributed by atoms with Crippen molar-refractivity contribution in [2.75, 3.05) is 20.6 Å². The second-order valence-electron chi connectivity index (χ2n) is 5.65. The van der Waals surface area contributed by atoms with Crippen molar-refractivity contribution in [1.82, 2.24) is 10.2 Å². The van der Waals surface area contributed by atoms with Crippen molar-refractivity contribution in [3.63, 3.8) is 0 Å². The standard InChI is InChI=1S/C16H26N2/c1-4-15(13-10-11-13)17-12-16(18(2)3)14-8-6-5-7-9-14/h5-9,13,15-17H,4,10-12H2,1-3H3. The van der Waals surface area contributed by atoms with Gasteiger partial charge in [-0.15, -0.1) is 0 Å². The molecule has 0 spiro atoms. The molecule has 1 fully saturated rings. The normalized spacial score (nSPS) is 18.9. The first-order valence-corrected chi connectivity index (χ1v) is 7.17. The van der Waals surface area contributed by atoms with Crippen LogP contribution in [0, 0.1) is 5.92 Å². The molecule has 1 N–H and O–H groups in total. The van der Waals surface area contributed by atoms with Crippen LogP contribution >= 0.6 is 0 Å². The van der Waals surface area contributed by atoms with Crippen LogP contribution in [0.5, 0.6) is 0 Å². The fourth-order valence-corrected chi connectivity index (χ4v) is 2.68. The van der Waals surface area contributed by atoms with Crippen molar-refractivity contribution in [3.8, 4) is 0 Å². The Morgan fingerprint density at radius 2 is 1.89 bits per heavy atom. The van der Waals surface area contributed by atoms with E-state index < -0.39 is 0 Å². The van der Waals surface area contributed by atoms with E-state index in [0.717, 1.165) is 18.5 Å². The first-order valence-electron chi connectivity index (χ1n) is 7.17. The van der Waals surface area contributed by atoms with Crippen LogP contribution in [0.25, 0.3) is 0 Å². The fraction of sp³-hybridized carbons (Fsp3) is 0.625. The van der Waals surface area contributed by atoms with E-state index in [1.807, 2.05) is 0 Å². The lowest BCUT2D eigenvalue weighted by atomic mass is 10.0. The molecule has 0 heterocycles. The van der Waals surface area contributed by atoms with Gasteiger partial charge in [-0.05, 0) is 44.8 Å². The van der Waals surface area contributed by atoms with Crippen molar-refractivity contribution in [2.45, 2.75) is 38.3 Å². The van der Waals surface area contributed by atoms with Gasteiger partial charge in [0.1, 0.15) is 0 Å². The number of likely N-dealkylation sites (N-methyl/N-ethyl adjacent to an activating group) is 1. The average molecular weight is 246 g/mol. The van der Waals surface area contributed by atoms with Crippen LogP contribution in [0.15, 0.2) is 30.3 Å². The molecule has 0 radical (unpaired) electrons. The van der Waals surface area contributed by atoms with Crippen molar-refractivity contribution >= 4 is 0 Å². The van der Waals surface area contributed by atoms with Gasteiger partial charge in [-0.25, -0.2) is 0 Å². The summed E-state index contributed by atoms with van der Waals surface area (Å²) in [6.07, 6.45) is 4.09. The Bertz CT molecular complexity index is 343. The number of nitrogens with zero attached hydrogens (tertiary/aromatic N) is 1. The zero-order chi connectivity index (χ0) is 13.0. The topological polar surface area (TPSA) is 15.3 Å². The molecular formula is C16H26N2. The van der Waals surface area contributed by atoms with Gasteiger partial charge < -0.3 is 10.2 Å². The largest absolute Gasteiger partial charge is 0.312 e. The summed E-state index contributed by atoms with van der Waals surface area (Å²) in [5.74, 6) is 0.939. The van der Waals surface area contributed by atoms with E-state index in [1.54, 1.807) is 0 Å². The maximum absolute atomic E-state index is 3.77. The zero-order valence-corrected chi connectivity index (χ0v) is 11.9. The summed E-state index contributed by atoms with van der Waals surface area (Å²) in [4.78, 5) is 2.31. The van der Waals surface area contributed by atoms with Crippen molar-refractivity contribution in [2.24, 2.45) is 5.92 Å². The average Bonchev–Trinajstić information content (AvgIpc) is 3.20. The number of hydrogen-bond donors (Lipinski definition) is 1. The van der Waals surface area contributed by atoms with Gasteiger partial charge in [0, 0.05) is 18.6 Å². The van der Waals surface area contributed by atoms with E-state index in [4.69, 9.17) is 0 Å². The van der Waals surface area contributed by atoms with Crippen LogP contribution < -0.4 is 5.32 Å². The molecule has 1 aromatic rings. The summed E-state index contributed by atoms with van der Waals surface area (Å²) >= 11 is 0. The number of rotatable bonds is 7. The molecule has 2 unspecified atom stereocenters. The SMILES string of the molecule is CCC(NCC(c1ccccc1)N(C)C)C1CC1.